The molecule has 1 fully saturated rings. The molecule has 108 valence electrons. The fourth-order valence-electron chi connectivity index (χ4n) is 3.13. The number of nitrogens with one attached hydrogen (secondary N) is 1. The molecule has 0 saturated carbocycles. The molecule has 3 atom stereocenters. The van der Waals surface area contributed by atoms with E-state index in [0.717, 1.165) is 31.0 Å². The Morgan fingerprint density at radius 1 is 1.53 bits per heavy atom. The van der Waals surface area contributed by atoms with Gasteiger partial charge in [-0.15, -0.1) is 0 Å². The quantitative estimate of drug-likeness (QED) is 0.906. The molecular formula is C16H28N2O. The zero-order valence-electron chi connectivity index (χ0n) is 13.2. The zero-order chi connectivity index (χ0) is 14.2. The summed E-state index contributed by atoms with van der Waals surface area (Å²) in [6, 6.07) is 3.17. The Balaban J connectivity index is 2.21. The van der Waals surface area contributed by atoms with Crippen LogP contribution in [0.4, 0.5) is 0 Å². The van der Waals surface area contributed by atoms with Crippen molar-refractivity contribution in [1.82, 2.24) is 10.2 Å². The highest BCUT2D eigenvalue weighted by Gasteiger charge is 2.35. The summed E-state index contributed by atoms with van der Waals surface area (Å²) in [5.41, 5.74) is 1.57. The number of hydrogen-bond acceptors (Lipinski definition) is 3. The van der Waals surface area contributed by atoms with Crippen LogP contribution in [0.1, 0.15) is 57.2 Å². The van der Waals surface area contributed by atoms with Crippen LogP contribution < -0.4 is 5.32 Å². The van der Waals surface area contributed by atoms with Gasteiger partial charge in [0.05, 0.1) is 0 Å². The Kier molecular flexibility index (Phi) is 4.07. The second kappa shape index (κ2) is 5.29. The molecule has 0 aliphatic carbocycles. The average molecular weight is 264 g/mol. The number of piperazine rings is 1. The van der Waals surface area contributed by atoms with Crippen LogP contribution in [0.25, 0.3) is 0 Å². The van der Waals surface area contributed by atoms with Gasteiger partial charge in [-0.1, -0.05) is 6.92 Å². The molecule has 1 saturated heterocycles. The van der Waals surface area contributed by atoms with Crippen molar-refractivity contribution >= 4 is 0 Å². The van der Waals surface area contributed by atoms with Gasteiger partial charge in [-0.05, 0) is 47.1 Å². The van der Waals surface area contributed by atoms with Crippen molar-refractivity contribution in [3.8, 4) is 0 Å². The number of aryl methyl sites for hydroxylation is 2. The van der Waals surface area contributed by atoms with E-state index < -0.39 is 0 Å². The van der Waals surface area contributed by atoms with Crippen LogP contribution >= 0.6 is 0 Å². The SMILES string of the molecule is CCC1(C)CN(C(C)c2cc(C)oc2C)C(C)CN1. The first-order chi connectivity index (χ1) is 8.86. The van der Waals surface area contributed by atoms with E-state index in [1.807, 2.05) is 6.92 Å². The number of furan rings is 1. The molecule has 0 amide bonds. The van der Waals surface area contributed by atoms with Gasteiger partial charge in [0.25, 0.3) is 0 Å². The standard InChI is InChI=1S/C16H28N2O/c1-7-16(6)10-18(11(2)9-17-16)13(4)15-8-12(3)19-14(15)5/h8,11,13,17H,7,9-10H2,1-6H3. The first kappa shape index (κ1) is 14.6. The Labute approximate surface area is 117 Å². The Bertz CT molecular complexity index is 440. The first-order valence-electron chi connectivity index (χ1n) is 7.44. The molecule has 0 bridgehead atoms. The van der Waals surface area contributed by atoms with Crippen molar-refractivity contribution < 1.29 is 4.42 Å². The first-order valence-corrected chi connectivity index (χ1v) is 7.44. The fourth-order valence-corrected chi connectivity index (χ4v) is 3.13. The van der Waals surface area contributed by atoms with Gasteiger partial charge in [-0.2, -0.15) is 0 Å². The fraction of sp³-hybridized carbons (Fsp3) is 0.750. The molecule has 0 aromatic carbocycles. The van der Waals surface area contributed by atoms with Crippen molar-refractivity contribution in [3.63, 3.8) is 0 Å². The van der Waals surface area contributed by atoms with Gasteiger partial charge >= 0.3 is 0 Å². The van der Waals surface area contributed by atoms with Crippen LogP contribution in [0.2, 0.25) is 0 Å². The van der Waals surface area contributed by atoms with Gasteiger partial charge in [-0.25, -0.2) is 0 Å². The van der Waals surface area contributed by atoms with E-state index in [9.17, 15) is 0 Å². The highest BCUT2D eigenvalue weighted by molar-refractivity contribution is 5.24. The molecule has 1 aliphatic heterocycles. The van der Waals surface area contributed by atoms with Gasteiger partial charge < -0.3 is 9.73 Å². The van der Waals surface area contributed by atoms with Gasteiger partial charge in [0, 0.05) is 36.3 Å². The van der Waals surface area contributed by atoms with Gasteiger partial charge in [-0.3, -0.25) is 4.90 Å². The van der Waals surface area contributed by atoms with Crippen molar-refractivity contribution in [1.29, 1.82) is 0 Å². The third-order valence-electron chi connectivity index (χ3n) is 4.73. The molecule has 1 aliphatic rings. The summed E-state index contributed by atoms with van der Waals surface area (Å²) in [5, 5.41) is 3.69. The number of nitrogens with zero attached hydrogens (tertiary/aromatic N) is 1. The molecule has 2 rings (SSSR count). The lowest BCUT2D eigenvalue weighted by molar-refractivity contribution is 0.0592. The monoisotopic (exact) mass is 264 g/mol. The topological polar surface area (TPSA) is 28.4 Å². The van der Waals surface area contributed by atoms with E-state index in [2.05, 4.69) is 50.9 Å². The van der Waals surface area contributed by atoms with E-state index >= 15 is 0 Å². The van der Waals surface area contributed by atoms with Crippen LogP contribution in [0.3, 0.4) is 0 Å². The van der Waals surface area contributed by atoms with Crippen LogP contribution in [0.15, 0.2) is 10.5 Å². The summed E-state index contributed by atoms with van der Waals surface area (Å²) in [5.74, 6) is 2.08. The molecule has 0 radical (unpaired) electrons. The van der Waals surface area contributed by atoms with E-state index in [4.69, 9.17) is 4.42 Å². The summed E-state index contributed by atoms with van der Waals surface area (Å²) in [4.78, 5) is 2.61. The molecule has 0 spiro atoms. The van der Waals surface area contributed by atoms with E-state index in [1.54, 1.807) is 0 Å². The predicted molar refractivity (Wildman–Crippen MR) is 79.5 cm³/mol. The molecule has 19 heavy (non-hydrogen) atoms. The molecule has 3 nitrogen and oxygen atoms in total. The minimum absolute atomic E-state index is 0.230. The Morgan fingerprint density at radius 3 is 2.74 bits per heavy atom. The average Bonchev–Trinajstić information content (AvgIpc) is 2.71. The third kappa shape index (κ3) is 2.87. The molecule has 1 aromatic heterocycles. The van der Waals surface area contributed by atoms with Gasteiger partial charge in [0.15, 0.2) is 0 Å². The van der Waals surface area contributed by atoms with Crippen LogP contribution in [0, 0.1) is 13.8 Å². The van der Waals surface area contributed by atoms with E-state index in [0.29, 0.717) is 12.1 Å². The van der Waals surface area contributed by atoms with Gasteiger partial charge in [0.1, 0.15) is 11.5 Å². The lowest BCUT2D eigenvalue weighted by Gasteiger charge is -2.47. The molecule has 1 aromatic rings. The summed E-state index contributed by atoms with van der Waals surface area (Å²) in [6.45, 7) is 15.5. The van der Waals surface area contributed by atoms with E-state index in [1.165, 1.54) is 5.56 Å². The van der Waals surface area contributed by atoms with Crippen LogP contribution in [-0.2, 0) is 0 Å². The maximum absolute atomic E-state index is 5.70. The maximum atomic E-state index is 5.70. The lowest BCUT2D eigenvalue weighted by Crippen LogP contribution is -2.62. The van der Waals surface area contributed by atoms with Crippen LogP contribution in [-0.4, -0.2) is 29.6 Å². The van der Waals surface area contributed by atoms with Crippen molar-refractivity contribution in [3.05, 3.63) is 23.2 Å². The van der Waals surface area contributed by atoms with Crippen molar-refractivity contribution in [2.45, 2.75) is 65.6 Å². The summed E-state index contributed by atoms with van der Waals surface area (Å²) in [7, 11) is 0. The summed E-state index contributed by atoms with van der Waals surface area (Å²) in [6.07, 6.45) is 1.16. The minimum atomic E-state index is 0.230. The second-order valence-electron chi connectivity index (χ2n) is 6.36. The van der Waals surface area contributed by atoms with E-state index in [-0.39, 0.29) is 5.54 Å². The molecule has 3 unspecified atom stereocenters. The normalized spacial score (nSPS) is 30.5. The molecule has 1 N–H and O–H groups in total. The van der Waals surface area contributed by atoms with Gasteiger partial charge in [0.2, 0.25) is 0 Å². The smallest absolute Gasteiger partial charge is 0.105 e. The lowest BCUT2D eigenvalue weighted by atomic mass is 9.91. The van der Waals surface area contributed by atoms with Crippen molar-refractivity contribution in [2.75, 3.05) is 13.1 Å². The third-order valence-corrected chi connectivity index (χ3v) is 4.73. The number of hydrogen-bond donors (Lipinski definition) is 1. The highest BCUT2D eigenvalue weighted by atomic mass is 16.3. The maximum Gasteiger partial charge on any atom is 0.105 e. The minimum Gasteiger partial charge on any atom is -0.466 e. The second-order valence-corrected chi connectivity index (χ2v) is 6.36. The van der Waals surface area contributed by atoms with Crippen molar-refractivity contribution in [2.24, 2.45) is 0 Å². The Hall–Kier alpha value is -0.800. The number of rotatable bonds is 3. The Morgan fingerprint density at radius 2 is 2.21 bits per heavy atom. The summed E-state index contributed by atoms with van der Waals surface area (Å²) >= 11 is 0. The molecular weight excluding hydrogens is 236 g/mol. The largest absolute Gasteiger partial charge is 0.466 e. The predicted octanol–water partition coefficient (Wildman–Crippen LogP) is 3.42. The molecule has 2 heterocycles. The molecule has 3 heteroatoms. The zero-order valence-corrected chi connectivity index (χ0v) is 13.2. The summed E-state index contributed by atoms with van der Waals surface area (Å²) < 4.78 is 5.70. The highest BCUT2D eigenvalue weighted by Crippen LogP contribution is 2.31. The van der Waals surface area contributed by atoms with Crippen LogP contribution in [0.5, 0.6) is 0 Å².